The topological polar surface area (TPSA) is 106 Å². The molecule has 142 valence electrons. The fourth-order valence-electron chi connectivity index (χ4n) is 2.16. The van der Waals surface area contributed by atoms with Gasteiger partial charge in [-0.05, 0) is 49.4 Å². The first kappa shape index (κ1) is 19.8. The molecule has 0 fully saturated rings. The Morgan fingerprint density at radius 3 is 2.26 bits per heavy atom. The van der Waals surface area contributed by atoms with Crippen LogP contribution in [-0.4, -0.2) is 43.5 Å². The predicted octanol–water partition coefficient (Wildman–Crippen LogP) is 2.32. The zero-order valence-corrected chi connectivity index (χ0v) is 15.2. The molecule has 0 aliphatic carbocycles. The fourth-order valence-corrected chi connectivity index (χ4v) is 2.16. The van der Waals surface area contributed by atoms with Gasteiger partial charge in [0.1, 0.15) is 5.75 Å². The van der Waals surface area contributed by atoms with Crippen LogP contribution >= 0.6 is 0 Å². The van der Waals surface area contributed by atoms with Gasteiger partial charge < -0.3 is 19.3 Å². The van der Waals surface area contributed by atoms with Crippen LogP contribution in [0.5, 0.6) is 17.2 Å². The van der Waals surface area contributed by atoms with E-state index in [4.69, 9.17) is 19.3 Å². The number of carboxylic acids is 1. The molecule has 27 heavy (non-hydrogen) atoms. The zero-order valence-electron chi connectivity index (χ0n) is 15.2. The molecule has 0 heterocycles. The Bertz CT molecular complexity index is 846. The molecule has 0 bridgehead atoms. The number of carbonyl (C=O) groups excluding carboxylic acids is 1. The van der Waals surface area contributed by atoms with Gasteiger partial charge in [0.25, 0.3) is 5.91 Å². The Hall–Kier alpha value is -3.55. The number of carbonyl (C=O) groups is 2. The number of hydrogen-bond donors (Lipinski definition) is 2. The third kappa shape index (κ3) is 5.46. The molecule has 2 N–H and O–H groups in total. The van der Waals surface area contributed by atoms with E-state index < -0.39 is 12.6 Å². The maximum atomic E-state index is 12.1. The third-order valence-corrected chi connectivity index (χ3v) is 3.61. The van der Waals surface area contributed by atoms with Crippen molar-refractivity contribution in [1.29, 1.82) is 0 Å². The van der Waals surface area contributed by atoms with Gasteiger partial charge in [-0.2, -0.15) is 5.10 Å². The molecule has 0 saturated carbocycles. The Balaban J connectivity index is 2.09. The summed E-state index contributed by atoms with van der Waals surface area (Å²) in [6, 6.07) is 11.6. The Kier molecular flexibility index (Phi) is 6.76. The summed E-state index contributed by atoms with van der Waals surface area (Å²) >= 11 is 0. The quantitative estimate of drug-likeness (QED) is 0.544. The average Bonchev–Trinajstić information content (AvgIpc) is 2.69. The van der Waals surface area contributed by atoms with Crippen LogP contribution in [0.4, 0.5) is 0 Å². The van der Waals surface area contributed by atoms with Crippen LogP contribution in [0, 0.1) is 0 Å². The first-order valence-corrected chi connectivity index (χ1v) is 7.96. The number of benzene rings is 2. The SMILES string of the molecule is COc1ccc(C(=O)N/N=C(/C)c2ccc(OCC(=O)O)c(OC)c2)cc1. The first-order valence-electron chi connectivity index (χ1n) is 7.96. The zero-order chi connectivity index (χ0) is 19.8. The number of hydrogen-bond acceptors (Lipinski definition) is 6. The lowest BCUT2D eigenvalue weighted by atomic mass is 10.1. The van der Waals surface area contributed by atoms with Gasteiger partial charge in [0.05, 0.1) is 19.9 Å². The number of aliphatic carboxylic acids is 1. The number of hydrazone groups is 1. The lowest BCUT2D eigenvalue weighted by molar-refractivity contribution is -0.139. The monoisotopic (exact) mass is 372 g/mol. The van der Waals surface area contributed by atoms with Crippen molar-refractivity contribution in [1.82, 2.24) is 5.43 Å². The molecule has 0 unspecified atom stereocenters. The number of nitrogens with zero attached hydrogens (tertiary/aromatic N) is 1. The molecule has 0 aliphatic heterocycles. The molecular weight excluding hydrogens is 352 g/mol. The van der Waals surface area contributed by atoms with Crippen LogP contribution < -0.4 is 19.6 Å². The highest BCUT2D eigenvalue weighted by atomic mass is 16.5. The molecule has 2 aromatic carbocycles. The van der Waals surface area contributed by atoms with Gasteiger partial charge in [0.2, 0.25) is 0 Å². The second-order valence-corrected chi connectivity index (χ2v) is 5.41. The van der Waals surface area contributed by atoms with E-state index in [1.165, 1.54) is 7.11 Å². The van der Waals surface area contributed by atoms with E-state index in [1.54, 1.807) is 56.5 Å². The van der Waals surface area contributed by atoms with Crippen molar-refractivity contribution >= 4 is 17.6 Å². The summed E-state index contributed by atoms with van der Waals surface area (Å²) in [6.45, 7) is 1.25. The Morgan fingerprint density at radius 1 is 1.00 bits per heavy atom. The van der Waals surface area contributed by atoms with Crippen molar-refractivity contribution in [2.75, 3.05) is 20.8 Å². The highest BCUT2D eigenvalue weighted by Gasteiger charge is 2.10. The summed E-state index contributed by atoms with van der Waals surface area (Å²) in [5, 5.41) is 12.8. The van der Waals surface area contributed by atoms with Crippen molar-refractivity contribution < 1.29 is 28.9 Å². The molecule has 0 aromatic heterocycles. The van der Waals surface area contributed by atoms with Gasteiger partial charge >= 0.3 is 5.97 Å². The van der Waals surface area contributed by atoms with E-state index in [9.17, 15) is 9.59 Å². The van der Waals surface area contributed by atoms with E-state index >= 15 is 0 Å². The minimum atomic E-state index is -1.08. The number of rotatable bonds is 8. The summed E-state index contributed by atoms with van der Waals surface area (Å²) in [5.74, 6) is -0.113. The molecule has 2 aromatic rings. The first-order chi connectivity index (χ1) is 12.9. The maximum Gasteiger partial charge on any atom is 0.341 e. The predicted molar refractivity (Wildman–Crippen MR) is 98.8 cm³/mol. The van der Waals surface area contributed by atoms with E-state index in [0.29, 0.717) is 34.1 Å². The minimum absolute atomic E-state index is 0.304. The summed E-state index contributed by atoms with van der Waals surface area (Å²) in [6.07, 6.45) is 0. The maximum absolute atomic E-state index is 12.1. The van der Waals surface area contributed by atoms with Crippen LogP contribution in [0.15, 0.2) is 47.6 Å². The van der Waals surface area contributed by atoms with Crippen molar-refractivity contribution in [2.24, 2.45) is 5.10 Å². The lowest BCUT2D eigenvalue weighted by Crippen LogP contribution is -2.19. The van der Waals surface area contributed by atoms with Crippen molar-refractivity contribution in [3.63, 3.8) is 0 Å². The molecule has 0 aliphatic rings. The van der Waals surface area contributed by atoms with Gasteiger partial charge in [0.15, 0.2) is 18.1 Å². The molecule has 8 heteroatoms. The minimum Gasteiger partial charge on any atom is -0.497 e. The van der Waals surface area contributed by atoms with Crippen LogP contribution in [0.25, 0.3) is 0 Å². The normalized spacial score (nSPS) is 10.9. The summed E-state index contributed by atoms with van der Waals surface area (Å²) in [4.78, 5) is 22.8. The van der Waals surface area contributed by atoms with E-state index in [-0.39, 0.29) is 5.91 Å². The van der Waals surface area contributed by atoms with Gasteiger partial charge in [-0.25, -0.2) is 10.2 Å². The van der Waals surface area contributed by atoms with Crippen LogP contribution in [0.1, 0.15) is 22.8 Å². The molecule has 0 saturated heterocycles. The smallest absolute Gasteiger partial charge is 0.341 e. The van der Waals surface area contributed by atoms with Crippen molar-refractivity contribution in [3.8, 4) is 17.2 Å². The highest BCUT2D eigenvalue weighted by molar-refractivity contribution is 6.01. The van der Waals surface area contributed by atoms with Crippen LogP contribution in [0.2, 0.25) is 0 Å². The van der Waals surface area contributed by atoms with Gasteiger partial charge in [-0.3, -0.25) is 4.79 Å². The molecular formula is C19H20N2O6. The largest absolute Gasteiger partial charge is 0.497 e. The van der Waals surface area contributed by atoms with E-state index in [2.05, 4.69) is 10.5 Å². The Morgan fingerprint density at radius 2 is 1.67 bits per heavy atom. The second-order valence-electron chi connectivity index (χ2n) is 5.41. The molecule has 1 amide bonds. The second kappa shape index (κ2) is 9.23. The summed E-state index contributed by atoms with van der Waals surface area (Å²) < 4.78 is 15.4. The molecule has 0 radical (unpaired) electrons. The van der Waals surface area contributed by atoms with E-state index in [0.717, 1.165) is 0 Å². The average molecular weight is 372 g/mol. The molecule has 2 rings (SSSR count). The van der Waals surface area contributed by atoms with Gasteiger partial charge in [0, 0.05) is 11.1 Å². The molecule has 8 nitrogen and oxygen atoms in total. The van der Waals surface area contributed by atoms with Gasteiger partial charge in [-0.1, -0.05) is 0 Å². The van der Waals surface area contributed by atoms with Crippen LogP contribution in [-0.2, 0) is 4.79 Å². The van der Waals surface area contributed by atoms with E-state index in [1.807, 2.05) is 0 Å². The number of amides is 1. The number of ether oxygens (including phenoxy) is 3. The summed E-state index contributed by atoms with van der Waals surface area (Å²) in [7, 11) is 3.00. The Labute approximate surface area is 156 Å². The number of nitrogens with one attached hydrogen (secondary N) is 1. The number of carboxylic acid groups (broad SMARTS) is 1. The highest BCUT2D eigenvalue weighted by Crippen LogP contribution is 2.28. The molecule has 0 atom stereocenters. The number of methoxy groups -OCH3 is 2. The van der Waals surface area contributed by atoms with Gasteiger partial charge in [-0.15, -0.1) is 0 Å². The van der Waals surface area contributed by atoms with Crippen LogP contribution in [0.3, 0.4) is 0 Å². The standard InChI is InChI=1S/C19H20N2O6/c1-12(20-21-19(24)13-4-7-15(25-2)8-5-13)14-6-9-16(17(10-14)26-3)27-11-18(22)23/h4-10H,11H2,1-3H3,(H,21,24)(H,22,23)/b20-12-. The third-order valence-electron chi connectivity index (χ3n) is 3.61. The summed E-state index contributed by atoms with van der Waals surface area (Å²) in [5.41, 5.74) is 4.16. The van der Waals surface area contributed by atoms with Crippen molar-refractivity contribution in [3.05, 3.63) is 53.6 Å². The molecule has 0 spiro atoms. The lowest BCUT2D eigenvalue weighted by Gasteiger charge is -2.11. The van der Waals surface area contributed by atoms with Crippen molar-refractivity contribution in [2.45, 2.75) is 6.92 Å². The fraction of sp³-hybridized carbons (Fsp3) is 0.211.